The van der Waals surface area contributed by atoms with Crippen LogP contribution in [0.25, 0.3) is 17.0 Å². The number of methoxy groups -OCH3 is 1. The molecule has 0 aliphatic heterocycles. The third-order valence-electron chi connectivity index (χ3n) is 2.59. The van der Waals surface area contributed by atoms with Gasteiger partial charge in [-0.1, -0.05) is 6.07 Å². The van der Waals surface area contributed by atoms with Gasteiger partial charge in [0.1, 0.15) is 17.1 Å². The van der Waals surface area contributed by atoms with Crippen LogP contribution in [0.2, 0.25) is 0 Å². The van der Waals surface area contributed by atoms with Crippen molar-refractivity contribution >= 4 is 5.65 Å². The molecule has 0 radical (unpaired) electrons. The highest BCUT2D eigenvalue weighted by Crippen LogP contribution is 2.18. The molecule has 3 aromatic rings. The molecule has 0 aliphatic rings. The molecule has 84 valence electrons. The first kappa shape index (κ1) is 9.84. The molecule has 3 aromatic heterocycles. The molecule has 0 atom stereocenters. The Balaban J connectivity index is 2.14. The molecule has 3 heterocycles. The molecule has 0 aromatic carbocycles. The molecule has 4 nitrogen and oxygen atoms in total. The van der Waals surface area contributed by atoms with Crippen LogP contribution < -0.4 is 4.74 Å². The summed E-state index contributed by atoms with van der Waals surface area (Å²) < 4.78 is 7.11. The van der Waals surface area contributed by atoms with Gasteiger partial charge in [-0.3, -0.25) is 4.98 Å². The maximum absolute atomic E-state index is 5.17. The van der Waals surface area contributed by atoms with Crippen molar-refractivity contribution in [3.63, 3.8) is 0 Å². The molecule has 0 saturated heterocycles. The first-order valence-corrected chi connectivity index (χ1v) is 5.31. The van der Waals surface area contributed by atoms with Gasteiger partial charge in [0.05, 0.1) is 19.0 Å². The lowest BCUT2D eigenvalue weighted by molar-refractivity contribution is 0.412. The summed E-state index contributed by atoms with van der Waals surface area (Å²) >= 11 is 0. The second kappa shape index (κ2) is 3.90. The summed E-state index contributed by atoms with van der Waals surface area (Å²) in [6.45, 7) is 0. The third-order valence-corrected chi connectivity index (χ3v) is 2.59. The van der Waals surface area contributed by atoms with E-state index in [0.29, 0.717) is 0 Å². The fourth-order valence-corrected chi connectivity index (χ4v) is 1.73. The van der Waals surface area contributed by atoms with E-state index in [9.17, 15) is 0 Å². The number of ether oxygens (including phenoxy) is 1. The van der Waals surface area contributed by atoms with Crippen LogP contribution in [0.5, 0.6) is 5.75 Å². The topological polar surface area (TPSA) is 39.4 Å². The maximum atomic E-state index is 5.17. The smallest absolute Gasteiger partial charge is 0.137 e. The van der Waals surface area contributed by atoms with Gasteiger partial charge in [-0.2, -0.15) is 0 Å². The van der Waals surface area contributed by atoms with E-state index >= 15 is 0 Å². The van der Waals surface area contributed by atoms with Crippen LogP contribution in [-0.4, -0.2) is 21.5 Å². The Hall–Kier alpha value is -2.36. The Morgan fingerprint density at radius 3 is 2.76 bits per heavy atom. The number of hydrogen-bond donors (Lipinski definition) is 0. The fourth-order valence-electron chi connectivity index (χ4n) is 1.73. The van der Waals surface area contributed by atoms with Crippen LogP contribution in [0.1, 0.15) is 0 Å². The molecule has 0 N–H and O–H groups in total. The molecule has 17 heavy (non-hydrogen) atoms. The van der Waals surface area contributed by atoms with E-state index < -0.39 is 0 Å². The van der Waals surface area contributed by atoms with Crippen LogP contribution in [0.15, 0.2) is 48.9 Å². The molecule has 0 unspecified atom stereocenters. The highest BCUT2D eigenvalue weighted by atomic mass is 16.5. The Bertz CT molecular complexity index is 646. The summed E-state index contributed by atoms with van der Waals surface area (Å²) in [5, 5.41) is 0. The van der Waals surface area contributed by atoms with Crippen molar-refractivity contribution in [3.8, 4) is 17.1 Å². The molecule has 3 rings (SSSR count). The van der Waals surface area contributed by atoms with Gasteiger partial charge in [-0.25, -0.2) is 4.98 Å². The lowest BCUT2D eigenvalue weighted by Gasteiger charge is -1.98. The largest absolute Gasteiger partial charge is 0.495 e. The van der Waals surface area contributed by atoms with Crippen molar-refractivity contribution < 1.29 is 4.74 Å². The quantitative estimate of drug-likeness (QED) is 0.672. The van der Waals surface area contributed by atoms with E-state index in [-0.39, 0.29) is 0 Å². The number of imidazole rings is 1. The zero-order valence-electron chi connectivity index (χ0n) is 9.37. The van der Waals surface area contributed by atoms with Crippen LogP contribution in [0, 0.1) is 0 Å². The minimum Gasteiger partial charge on any atom is -0.495 e. The van der Waals surface area contributed by atoms with E-state index in [0.717, 1.165) is 22.8 Å². The predicted octanol–water partition coefficient (Wildman–Crippen LogP) is 2.40. The van der Waals surface area contributed by atoms with Gasteiger partial charge >= 0.3 is 0 Å². The van der Waals surface area contributed by atoms with Crippen LogP contribution in [0.3, 0.4) is 0 Å². The monoisotopic (exact) mass is 225 g/mol. The summed E-state index contributed by atoms with van der Waals surface area (Å²) in [4.78, 5) is 8.78. The van der Waals surface area contributed by atoms with Crippen molar-refractivity contribution in [3.05, 3.63) is 48.9 Å². The van der Waals surface area contributed by atoms with E-state index in [1.807, 2.05) is 47.1 Å². The van der Waals surface area contributed by atoms with E-state index in [2.05, 4.69) is 9.97 Å². The average Bonchev–Trinajstić information content (AvgIpc) is 2.82. The van der Waals surface area contributed by atoms with Crippen LogP contribution in [0.4, 0.5) is 0 Å². The van der Waals surface area contributed by atoms with Crippen molar-refractivity contribution in [2.45, 2.75) is 0 Å². The molecule has 0 amide bonds. The summed E-state index contributed by atoms with van der Waals surface area (Å²) in [6, 6.07) is 9.60. The first-order valence-electron chi connectivity index (χ1n) is 5.31. The minimum atomic E-state index is 0.808. The second-order valence-electron chi connectivity index (χ2n) is 3.68. The highest BCUT2D eigenvalue weighted by Gasteiger charge is 2.05. The molecule has 0 aliphatic carbocycles. The standard InChI is InChI=1S/C13H11N3O/c1-17-10-5-6-13-15-12(9-16(13)8-10)11-4-2-3-7-14-11/h2-9H,1H3. The number of pyridine rings is 2. The van der Waals surface area contributed by atoms with Crippen molar-refractivity contribution in [1.82, 2.24) is 14.4 Å². The molecule has 0 bridgehead atoms. The van der Waals surface area contributed by atoms with Gasteiger partial charge in [0.25, 0.3) is 0 Å². The normalized spacial score (nSPS) is 10.6. The molecular formula is C13H11N3O. The highest BCUT2D eigenvalue weighted by molar-refractivity contribution is 5.59. The molecular weight excluding hydrogens is 214 g/mol. The fraction of sp³-hybridized carbons (Fsp3) is 0.0769. The first-order chi connectivity index (χ1) is 8.36. The number of hydrogen-bond acceptors (Lipinski definition) is 3. The Morgan fingerprint density at radius 1 is 1.06 bits per heavy atom. The zero-order chi connectivity index (χ0) is 11.7. The van der Waals surface area contributed by atoms with E-state index in [4.69, 9.17) is 4.74 Å². The number of nitrogens with zero attached hydrogens (tertiary/aromatic N) is 3. The van der Waals surface area contributed by atoms with Crippen molar-refractivity contribution in [2.24, 2.45) is 0 Å². The number of fused-ring (bicyclic) bond motifs is 1. The molecule has 4 heteroatoms. The summed E-state index contributed by atoms with van der Waals surface area (Å²) in [5.41, 5.74) is 2.61. The molecule has 0 saturated carbocycles. The third kappa shape index (κ3) is 1.73. The zero-order valence-corrected chi connectivity index (χ0v) is 9.37. The summed E-state index contributed by atoms with van der Waals surface area (Å²) in [6.07, 6.45) is 5.61. The van der Waals surface area contributed by atoms with Gasteiger partial charge in [-0.05, 0) is 24.3 Å². The number of rotatable bonds is 2. The van der Waals surface area contributed by atoms with Gasteiger partial charge in [0.2, 0.25) is 0 Å². The predicted molar refractivity (Wildman–Crippen MR) is 65.0 cm³/mol. The number of aromatic nitrogens is 3. The van der Waals surface area contributed by atoms with Gasteiger partial charge in [-0.15, -0.1) is 0 Å². The lowest BCUT2D eigenvalue weighted by Crippen LogP contribution is -1.86. The Labute approximate surface area is 98.5 Å². The minimum absolute atomic E-state index is 0.808. The Kier molecular flexibility index (Phi) is 2.26. The van der Waals surface area contributed by atoms with E-state index in [1.54, 1.807) is 13.3 Å². The molecule has 0 fully saturated rings. The lowest BCUT2D eigenvalue weighted by atomic mass is 10.3. The van der Waals surface area contributed by atoms with Gasteiger partial charge in [0.15, 0.2) is 0 Å². The van der Waals surface area contributed by atoms with Crippen molar-refractivity contribution in [1.29, 1.82) is 0 Å². The maximum Gasteiger partial charge on any atom is 0.137 e. The van der Waals surface area contributed by atoms with Gasteiger partial charge < -0.3 is 9.14 Å². The summed E-state index contributed by atoms with van der Waals surface area (Å²) in [5.74, 6) is 0.808. The van der Waals surface area contributed by atoms with Crippen LogP contribution >= 0.6 is 0 Å². The Morgan fingerprint density at radius 2 is 2.00 bits per heavy atom. The van der Waals surface area contributed by atoms with E-state index in [1.165, 1.54) is 0 Å². The molecule has 0 spiro atoms. The van der Waals surface area contributed by atoms with Crippen molar-refractivity contribution in [2.75, 3.05) is 7.11 Å². The van der Waals surface area contributed by atoms with Gasteiger partial charge in [0, 0.05) is 12.4 Å². The van der Waals surface area contributed by atoms with Crippen LogP contribution in [-0.2, 0) is 0 Å². The summed E-state index contributed by atoms with van der Waals surface area (Å²) in [7, 11) is 1.65. The average molecular weight is 225 g/mol. The second-order valence-corrected chi connectivity index (χ2v) is 3.68. The SMILES string of the molecule is COc1ccc2nc(-c3ccccn3)cn2c1.